The van der Waals surface area contributed by atoms with E-state index in [1.807, 2.05) is 30.3 Å². The van der Waals surface area contributed by atoms with E-state index >= 15 is 0 Å². The number of nitrogens with one attached hydrogen (secondary N) is 1. The molecule has 1 N–H and O–H groups in total. The van der Waals surface area contributed by atoms with Crippen molar-refractivity contribution in [2.45, 2.75) is 13.8 Å². The third kappa shape index (κ3) is 4.91. The summed E-state index contributed by atoms with van der Waals surface area (Å²) in [6.07, 6.45) is 0. The fraction of sp³-hybridized carbons (Fsp3) is 0.182. The zero-order chi connectivity index (χ0) is 21.7. The Morgan fingerprint density at radius 2 is 1.73 bits per heavy atom. The van der Waals surface area contributed by atoms with Gasteiger partial charge in [-0.3, -0.25) is 14.9 Å². The molecule has 3 aromatic rings. The van der Waals surface area contributed by atoms with Gasteiger partial charge in [0.25, 0.3) is 11.6 Å². The number of carbonyl (C=O) groups excluding carboxylic acids is 2. The Bertz CT molecular complexity index is 1130. The van der Waals surface area contributed by atoms with Gasteiger partial charge in [0.1, 0.15) is 11.4 Å². The molecule has 0 radical (unpaired) electrons. The number of amides is 1. The van der Waals surface area contributed by atoms with Crippen molar-refractivity contribution in [2.75, 3.05) is 18.5 Å². The Hall–Kier alpha value is -3.94. The van der Waals surface area contributed by atoms with Crippen LogP contribution in [0.2, 0.25) is 0 Å². The lowest BCUT2D eigenvalue weighted by Gasteiger charge is -2.11. The minimum absolute atomic E-state index is 0.0912. The van der Waals surface area contributed by atoms with Crippen LogP contribution in [-0.4, -0.2) is 30.0 Å². The van der Waals surface area contributed by atoms with Crippen molar-refractivity contribution in [3.8, 4) is 5.75 Å². The smallest absolute Gasteiger partial charge is 0.344 e. The van der Waals surface area contributed by atoms with E-state index in [1.165, 1.54) is 6.07 Å². The molecule has 30 heavy (non-hydrogen) atoms. The number of aryl methyl sites for hydroxylation is 1. The lowest BCUT2D eigenvalue weighted by Crippen LogP contribution is -2.24. The van der Waals surface area contributed by atoms with Crippen LogP contribution in [0.1, 0.15) is 11.1 Å². The summed E-state index contributed by atoms with van der Waals surface area (Å²) in [5.74, 6) is -0.902. The Balaban J connectivity index is 1.54. The molecule has 8 heteroatoms. The summed E-state index contributed by atoms with van der Waals surface area (Å²) in [6, 6.07) is 16.1. The molecule has 0 heterocycles. The number of esters is 1. The maximum absolute atomic E-state index is 12.1. The van der Waals surface area contributed by atoms with Crippen LogP contribution in [0.3, 0.4) is 0 Å². The number of benzene rings is 3. The van der Waals surface area contributed by atoms with E-state index in [-0.39, 0.29) is 18.0 Å². The number of hydrogen-bond acceptors (Lipinski definition) is 6. The van der Waals surface area contributed by atoms with Crippen LogP contribution in [0.25, 0.3) is 10.8 Å². The first kappa shape index (κ1) is 20.8. The summed E-state index contributed by atoms with van der Waals surface area (Å²) in [5, 5.41) is 15.7. The molecule has 0 saturated carbocycles. The minimum Gasteiger partial charge on any atom is -0.482 e. The number of nitrogens with zero attached hydrogens (tertiary/aromatic N) is 1. The molecule has 0 aliphatic heterocycles. The molecule has 0 saturated heterocycles. The molecule has 0 aliphatic rings. The van der Waals surface area contributed by atoms with Crippen molar-refractivity contribution in [3.05, 3.63) is 75.8 Å². The van der Waals surface area contributed by atoms with Gasteiger partial charge < -0.3 is 14.8 Å². The number of nitro groups is 1. The molecule has 0 bridgehead atoms. The van der Waals surface area contributed by atoms with Crippen LogP contribution in [0, 0.1) is 24.0 Å². The summed E-state index contributed by atoms with van der Waals surface area (Å²) in [6.45, 7) is 2.50. The standard InChI is InChI=1S/C22H20N2O6/c1-14-7-10-19(24(27)28)22(15(14)2)23-20(25)12-30-21(26)13-29-18-9-8-16-5-3-4-6-17(16)11-18/h3-11H,12-13H2,1-2H3,(H,23,25). The fourth-order valence-corrected chi connectivity index (χ4v) is 2.87. The molecule has 0 unspecified atom stereocenters. The lowest BCUT2D eigenvalue weighted by atomic mass is 10.1. The molecular weight excluding hydrogens is 388 g/mol. The average Bonchev–Trinajstić information content (AvgIpc) is 2.73. The zero-order valence-corrected chi connectivity index (χ0v) is 16.5. The van der Waals surface area contributed by atoms with Crippen molar-refractivity contribution in [2.24, 2.45) is 0 Å². The highest BCUT2D eigenvalue weighted by molar-refractivity contribution is 5.96. The highest BCUT2D eigenvalue weighted by Crippen LogP contribution is 2.30. The quantitative estimate of drug-likeness (QED) is 0.361. The van der Waals surface area contributed by atoms with Gasteiger partial charge in [-0.2, -0.15) is 0 Å². The molecule has 0 spiro atoms. The SMILES string of the molecule is Cc1ccc([N+](=O)[O-])c(NC(=O)COC(=O)COc2ccc3ccccc3c2)c1C. The Morgan fingerprint density at radius 1 is 1.00 bits per heavy atom. The summed E-state index contributed by atoms with van der Waals surface area (Å²) in [5.41, 5.74) is 1.23. The Kier molecular flexibility index (Phi) is 6.26. The largest absolute Gasteiger partial charge is 0.482 e. The molecule has 0 aliphatic carbocycles. The van der Waals surface area contributed by atoms with Gasteiger partial charge in [0.15, 0.2) is 13.2 Å². The van der Waals surface area contributed by atoms with Crippen LogP contribution in [0.15, 0.2) is 54.6 Å². The van der Waals surface area contributed by atoms with Gasteiger partial charge in [0.2, 0.25) is 0 Å². The van der Waals surface area contributed by atoms with Gasteiger partial charge >= 0.3 is 5.97 Å². The van der Waals surface area contributed by atoms with Crippen molar-refractivity contribution in [1.82, 2.24) is 0 Å². The number of hydrogen-bond donors (Lipinski definition) is 1. The number of carbonyl (C=O) groups is 2. The van der Waals surface area contributed by atoms with Crippen LogP contribution < -0.4 is 10.1 Å². The predicted octanol–water partition coefficient (Wildman–Crippen LogP) is 3.93. The van der Waals surface area contributed by atoms with E-state index in [4.69, 9.17) is 9.47 Å². The van der Waals surface area contributed by atoms with E-state index in [9.17, 15) is 19.7 Å². The molecular formula is C22H20N2O6. The third-order valence-electron chi connectivity index (χ3n) is 4.62. The molecule has 1 amide bonds. The highest BCUT2D eigenvalue weighted by atomic mass is 16.6. The van der Waals surface area contributed by atoms with Gasteiger partial charge in [-0.15, -0.1) is 0 Å². The second-order valence-corrected chi connectivity index (χ2v) is 6.67. The van der Waals surface area contributed by atoms with Crippen LogP contribution in [-0.2, 0) is 14.3 Å². The number of rotatable bonds is 7. The van der Waals surface area contributed by atoms with E-state index in [1.54, 1.807) is 32.0 Å². The second-order valence-electron chi connectivity index (χ2n) is 6.67. The van der Waals surface area contributed by atoms with Crippen LogP contribution in [0.5, 0.6) is 5.75 Å². The summed E-state index contributed by atoms with van der Waals surface area (Å²) < 4.78 is 10.3. The van der Waals surface area contributed by atoms with E-state index in [2.05, 4.69) is 5.32 Å². The first-order chi connectivity index (χ1) is 14.3. The van der Waals surface area contributed by atoms with Crippen molar-refractivity contribution >= 4 is 34.0 Å². The first-order valence-corrected chi connectivity index (χ1v) is 9.17. The Labute approximate surface area is 172 Å². The summed E-state index contributed by atoms with van der Waals surface area (Å²) in [4.78, 5) is 34.6. The number of ether oxygens (including phenoxy) is 2. The molecule has 3 aromatic carbocycles. The second kappa shape index (κ2) is 9.04. The fourth-order valence-electron chi connectivity index (χ4n) is 2.87. The summed E-state index contributed by atoms with van der Waals surface area (Å²) >= 11 is 0. The van der Waals surface area contributed by atoms with Crippen molar-refractivity contribution in [1.29, 1.82) is 0 Å². The summed E-state index contributed by atoms with van der Waals surface area (Å²) in [7, 11) is 0. The van der Waals surface area contributed by atoms with E-state index in [0.717, 1.165) is 16.3 Å². The number of nitro benzene ring substituents is 1. The normalized spacial score (nSPS) is 10.5. The van der Waals surface area contributed by atoms with Gasteiger partial charge in [0, 0.05) is 6.07 Å². The molecule has 8 nitrogen and oxygen atoms in total. The van der Waals surface area contributed by atoms with Crippen LogP contribution in [0.4, 0.5) is 11.4 Å². The predicted molar refractivity (Wildman–Crippen MR) is 112 cm³/mol. The van der Waals surface area contributed by atoms with Gasteiger partial charge in [-0.1, -0.05) is 36.4 Å². The molecule has 0 atom stereocenters. The van der Waals surface area contributed by atoms with Gasteiger partial charge in [-0.05, 0) is 47.9 Å². The number of anilines is 1. The zero-order valence-electron chi connectivity index (χ0n) is 16.5. The first-order valence-electron chi connectivity index (χ1n) is 9.17. The van der Waals surface area contributed by atoms with E-state index in [0.29, 0.717) is 11.3 Å². The van der Waals surface area contributed by atoms with Crippen molar-refractivity contribution in [3.63, 3.8) is 0 Å². The molecule has 3 rings (SSSR count). The van der Waals surface area contributed by atoms with E-state index < -0.39 is 23.4 Å². The molecule has 154 valence electrons. The average molecular weight is 408 g/mol. The van der Waals surface area contributed by atoms with Crippen LogP contribution >= 0.6 is 0 Å². The van der Waals surface area contributed by atoms with Gasteiger partial charge in [0.05, 0.1) is 4.92 Å². The topological polar surface area (TPSA) is 108 Å². The van der Waals surface area contributed by atoms with Gasteiger partial charge in [-0.25, -0.2) is 4.79 Å². The lowest BCUT2D eigenvalue weighted by molar-refractivity contribution is -0.384. The molecule has 0 aromatic heterocycles. The molecule has 0 fully saturated rings. The maximum Gasteiger partial charge on any atom is 0.344 e. The minimum atomic E-state index is -0.728. The maximum atomic E-state index is 12.1. The van der Waals surface area contributed by atoms with Crippen molar-refractivity contribution < 1.29 is 24.0 Å². The monoisotopic (exact) mass is 408 g/mol. The highest BCUT2D eigenvalue weighted by Gasteiger charge is 2.20. The Morgan fingerprint density at radius 3 is 2.47 bits per heavy atom. The number of fused-ring (bicyclic) bond motifs is 1. The third-order valence-corrected chi connectivity index (χ3v) is 4.62.